The number of methoxy groups -OCH3 is 1. The fourth-order valence-corrected chi connectivity index (χ4v) is 2.99. The molecule has 0 amide bonds. The predicted molar refractivity (Wildman–Crippen MR) is 105 cm³/mol. The Morgan fingerprint density at radius 1 is 0.926 bits per heavy atom. The van der Waals surface area contributed by atoms with Crippen LogP contribution in [0.1, 0.15) is 11.1 Å². The van der Waals surface area contributed by atoms with E-state index in [0.717, 1.165) is 23.4 Å². The fraction of sp³-hybridized carbons (Fsp3) is 0.150. The number of hydrogen-bond donors (Lipinski definition) is 0. The van der Waals surface area contributed by atoms with Gasteiger partial charge >= 0.3 is 6.18 Å². The number of halogens is 4. The van der Waals surface area contributed by atoms with Gasteiger partial charge in [-0.25, -0.2) is 4.98 Å². The predicted octanol–water partition coefficient (Wildman–Crippen LogP) is 5.96. The van der Waals surface area contributed by atoms with Gasteiger partial charge in [0.2, 0.25) is 0 Å². The van der Waals surface area contributed by atoms with Crippen LogP contribution in [-0.2, 0) is 12.8 Å². The summed E-state index contributed by atoms with van der Waals surface area (Å²) < 4.78 is 49.8. The Morgan fingerprint density at radius 3 is 2.19 bits per heavy atom. The Labute approximate surface area is 168 Å². The molecule has 0 spiro atoms. The van der Waals surface area contributed by atoms with Crippen LogP contribution in [0.15, 0.2) is 60.7 Å². The van der Waals surface area contributed by atoms with Crippen molar-refractivity contribution in [2.75, 3.05) is 7.11 Å². The van der Waals surface area contributed by atoms with Gasteiger partial charge in [0.25, 0.3) is 0 Å². The first-order valence-corrected chi connectivity index (χ1v) is 9.04. The molecule has 3 aromatic rings. The van der Waals surface area contributed by atoms with Gasteiger partial charge in [0.05, 0.1) is 18.4 Å². The lowest BCUT2D eigenvalue weighted by Crippen LogP contribution is -2.04. The monoisotopic (exact) mass is 485 g/mol. The van der Waals surface area contributed by atoms with Gasteiger partial charge in [0, 0.05) is 17.7 Å². The minimum Gasteiger partial charge on any atom is -0.497 e. The zero-order chi connectivity index (χ0) is 19.4. The third-order valence-electron chi connectivity index (χ3n) is 3.84. The summed E-state index contributed by atoms with van der Waals surface area (Å²) in [6, 6.07) is 15.9. The van der Waals surface area contributed by atoms with Crippen molar-refractivity contribution in [3.63, 3.8) is 0 Å². The van der Waals surface area contributed by atoms with Crippen molar-refractivity contribution in [2.24, 2.45) is 0 Å². The van der Waals surface area contributed by atoms with Crippen LogP contribution in [-0.4, -0.2) is 12.1 Å². The molecule has 0 N–H and O–H groups in total. The second kappa shape index (κ2) is 8.16. The molecule has 1 aromatic heterocycles. The molecular weight excluding hydrogens is 470 g/mol. The molecular formula is C20H15F3INO2. The maximum Gasteiger partial charge on any atom is 0.416 e. The highest BCUT2D eigenvalue weighted by Crippen LogP contribution is 2.31. The van der Waals surface area contributed by atoms with Gasteiger partial charge in [-0.1, -0.05) is 24.3 Å². The van der Waals surface area contributed by atoms with E-state index >= 15 is 0 Å². The van der Waals surface area contributed by atoms with Crippen molar-refractivity contribution < 1.29 is 22.6 Å². The topological polar surface area (TPSA) is 31.4 Å². The summed E-state index contributed by atoms with van der Waals surface area (Å²) in [5.41, 5.74) is 1.43. The molecule has 3 nitrogen and oxygen atoms in total. The molecule has 0 atom stereocenters. The van der Waals surface area contributed by atoms with Gasteiger partial charge in [-0.05, 0) is 52.4 Å². The molecule has 27 heavy (non-hydrogen) atoms. The molecule has 0 unspecified atom stereocenters. The van der Waals surface area contributed by atoms with E-state index in [0.29, 0.717) is 27.3 Å². The zero-order valence-electron chi connectivity index (χ0n) is 14.3. The molecule has 7 heteroatoms. The van der Waals surface area contributed by atoms with Gasteiger partial charge in [-0.2, -0.15) is 13.2 Å². The summed E-state index contributed by atoms with van der Waals surface area (Å²) in [6.07, 6.45) is -4.36. The van der Waals surface area contributed by atoms with E-state index in [-0.39, 0.29) is 0 Å². The minimum atomic E-state index is -4.36. The Kier molecular flexibility index (Phi) is 5.88. The molecule has 0 aliphatic carbocycles. The van der Waals surface area contributed by atoms with E-state index < -0.39 is 11.7 Å². The standard InChI is InChI=1S/C20H15F3INO2/c1-26-16-8-2-13(3-9-16)12-27-17-10-18(25-19(24)11-17)14-4-6-15(7-5-14)20(21,22)23/h2-11H,12H2,1H3. The van der Waals surface area contributed by atoms with Crippen LogP contribution in [0.25, 0.3) is 11.3 Å². The lowest BCUT2D eigenvalue weighted by atomic mass is 10.1. The van der Waals surface area contributed by atoms with Crippen molar-refractivity contribution in [1.29, 1.82) is 0 Å². The summed E-state index contributed by atoms with van der Waals surface area (Å²) in [5, 5.41) is 0. The highest BCUT2D eigenvalue weighted by atomic mass is 127. The lowest BCUT2D eigenvalue weighted by Gasteiger charge is -2.11. The Bertz CT molecular complexity index is 910. The Morgan fingerprint density at radius 2 is 1.59 bits per heavy atom. The third-order valence-corrected chi connectivity index (χ3v) is 4.39. The molecule has 1 heterocycles. The molecule has 0 fully saturated rings. The van der Waals surface area contributed by atoms with Crippen molar-refractivity contribution in [1.82, 2.24) is 4.98 Å². The van der Waals surface area contributed by atoms with Crippen molar-refractivity contribution in [3.8, 4) is 22.8 Å². The summed E-state index contributed by atoms with van der Waals surface area (Å²) in [6.45, 7) is 0.358. The van der Waals surface area contributed by atoms with Crippen molar-refractivity contribution >= 4 is 22.6 Å². The van der Waals surface area contributed by atoms with E-state index in [9.17, 15) is 13.2 Å². The average molecular weight is 485 g/mol. The zero-order valence-corrected chi connectivity index (χ0v) is 16.4. The molecule has 0 saturated carbocycles. The summed E-state index contributed by atoms with van der Waals surface area (Å²) >= 11 is 2.05. The third kappa shape index (κ3) is 5.12. The van der Waals surface area contributed by atoms with Gasteiger partial charge < -0.3 is 9.47 Å². The SMILES string of the molecule is COc1ccc(COc2cc(I)nc(-c3ccc(C(F)(F)F)cc3)c2)cc1. The summed E-state index contributed by atoms with van der Waals surface area (Å²) in [7, 11) is 1.60. The molecule has 0 aliphatic heterocycles. The normalized spacial score (nSPS) is 11.3. The molecule has 140 valence electrons. The number of nitrogens with zero attached hydrogens (tertiary/aromatic N) is 1. The number of ether oxygens (including phenoxy) is 2. The number of rotatable bonds is 5. The smallest absolute Gasteiger partial charge is 0.416 e. The van der Waals surface area contributed by atoms with Crippen molar-refractivity contribution in [3.05, 3.63) is 75.5 Å². The number of alkyl halides is 3. The maximum atomic E-state index is 12.7. The molecule has 2 aromatic carbocycles. The second-order valence-electron chi connectivity index (χ2n) is 5.72. The van der Waals surface area contributed by atoms with Crippen LogP contribution in [0, 0.1) is 3.70 Å². The summed E-state index contributed by atoms with van der Waals surface area (Å²) in [4.78, 5) is 4.38. The van der Waals surface area contributed by atoms with E-state index in [2.05, 4.69) is 27.6 Å². The average Bonchev–Trinajstić information content (AvgIpc) is 2.66. The second-order valence-corrected chi connectivity index (χ2v) is 6.83. The first-order valence-electron chi connectivity index (χ1n) is 7.96. The quantitative estimate of drug-likeness (QED) is 0.330. The molecule has 0 bridgehead atoms. The Balaban J connectivity index is 1.77. The number of pyridine rings is 1. The summed E-state index contributed by atoms with van der Waals surface area (Å²) in [5.74, 6) is 1.36. The van der Waals surface area contributed by atoms with E-state index in [1.165, 1.54) is 12.1 Å². The molecule has 0 saturated heterocycles. The van der Waals surface area contributed by atoms with Gasteiger partial charge in [0.1, 0.15) is 21.8 Å². The fourth-order valence-electron chi connectivity index (χ4n) is 2.42. The highest BCUT2D eigenvalue weighted by Gasteiger charge is 2.30. The van der Waals surface area contributed by atoms with Crippen LogP contribution in [0.4, 0.5) is 13.2 Å². The van der Waals surface area contributed by atoms with E-state index in [4.69, 9.17) is 9.47 Å². The number of hydrogen-bond acceptors (Lipinski definition) is 3. The Hall–Kier alpha value is -2.29. The van der Waals surface area contributed by atoms with Crippen LogP contribution < -0.4 is 9.47 Å². The first-order chi connectivity index (χ1) is 12.8. The van der Waals surface area contributed by atoms with Crippen molar-refractivity contribution in [2.45, 2.75) is 12.8 Å². The van der Waals surface area contributed by atoms with E-state index in [1.54, 1.807) is 19.2 Å². The van der Waals surface area contributed by atoms with Crippen LogP contribution >= 0.6 is 22.6 Å². The van der Waals surface area contributed by atoms with Gasteiger partial charge in [0.15, 0.2) is 0 Å². The number of benzene rings is 2. The van der Waals surface area contributed by atoms with Crippen LogP contribution in [0.2, 0.25) is 0 Å². The van der Waals surface area contributed by atoms with Crippen LogP contribution in [0.3, 0.4) is 0 Å². The minimum absolute atomic E-state index is 0.358. The van der Waals surface area contributed by atoms with Gasteiger partial charge in [-0.3, -0.25) is 0 Å². The molecule has 0 aliphatic rings. The largest absolute Gasteiger partial charge is 0.497 e. The van der Waals surface area contributed by atoms with Crippen LogP contribution in [0.5, 0.6) is 11.5 Å². The maximum absolute atomic E-state index is 12.7. The van der Waals surface area contributed by atoms with Gasteiger partial charge in [-0.15, -0.1) is 0 Å². The lowest BCUT2D eigenvalue weighted by molar-refractivity contribution is -0.137. The molecule has 3 rings (SSSR count). The molecule has 0 radical (unpaired) electrons. The first kappa shape index (κ1) is 19.5. The number of aromatic nitrogens is 1. The highest BCUT2D eigenvalue weighted by molar-refractivity contribution is 14.1. The van der Waals surface area contributed by atoms with E-state index in [1.807, 2.05) is 24.3 Å².